The molecule has 3 aliphatic rings. The van der Waals surface area contributed by atoms with Gasteiger partial charge in [-0.15, -0.1) is 39.5 Å². The molecule has 3 rings (SSSR count). The third-order valence-electron chi connectivity index (χ3n) is 10.8. The predicted molar refractivity (Wildman–Crippen MR) is 203 cm³/mol. The molecule has 0 saturated heterocycles. The second-order valence-electron chi connectivity index (χ2n) is 15.4. The molecule has 246 valence electrons. The summed E-state index contributed by atoms with van der Waals surface area (Å²) in [5.74, 6) is 4.13. The Labute approximate surface area is 272 Å². The van der Waals surface area contributed by atoms with Gasteiger partial charge in [-0.25, -0.2) is 0 Å². The summed E-state index contributed by atoms with van der Waals surface area (Å²) in [6, 6.07) is 0. The standard InChI is InChI=1S/2C13H24OSi.C12H22Si/c2*1-6-11-9-12(7-2)13(10-11)15(4,5)14-8-3;1-6-10-8-11(7-2)12(9-10)13(3,4)5/h2*6-7,11-13H,1-2,8-10H2,3-5H3;6-7,10-12H,1-2,8-9H2,3-5H3. The number of hydrogen-bond donors (Lipinski definition) is 0. The van der Waals surface area contributed by atoms with Crippen LogP contribution in [0, 0.1) is 35.5 Å². The summed E-state index contributed by atoms with van der Waals surface area (Å²) in [6.45, 7) is 46.3. The Morgan fingerprint density at radius 1 is 0.465 bits per heavy atom. The molecule has 9 unspecified atom stereocenters. The highest BCUT2D eigenvalue weighted by molar-refractivity contribution is 6.77. The molecule has 0 spiro atoms. The zero-order chi connectivity index (χ0) is 33.0. The van der Waals surface area contributed by atoms with Crippen LogP contribution in [0.2, 0.25) is 62.5 Å². The molecule has 0 aliphatic heterocycles. The molecule has 0 N–H and O–H groups in total. The zero-order valence-electron chi connectivity index (χ0n) is 29.9. The van der Waals surface area contributed by atoms with Crippen LogP contribution >= 0.6 is 0 Å². The Bertz CT molecular complexity index is 851. The first kappa shape index (κ1) is 40.0. The summed E-state index contributed by atoms with van der Waals surface area (Å²) >= 11 is 0. The topological polar surface area (TPSA) is 18.5 Å². The van der Waals surface area contributed by atoms with Crippen LogP contribution in [-0.2, 0) is 8.85 Å². The van der Waals surface area contributed by atoms with E-state index in [2.05, 4.69) is 136 Å². The third-order valence-corrected chi connectivity index (χ3v) is 20.6. The van der Waals surface area contributed by atoms with Crippen LogP contribution in [0.4, 0.5) is 0 Å². The van der Waals surface area contributed by atoms with Crippen LogP contribution in [0.15, 0.2) is 75.9 Å². The van der Waals surface area contributed by atoms with Gasteiger partial charge in [0.15, 0.2) is 16.6 Å². The van der Waals surface area contributed by atoms with E-state index in [-0.39, 0.29) is 0 Å². The molecule has 2 nitrogen and oxygen atoms in total. The van der Waals surface area contributed by atoms with Crippen LogP contribution in [0.25, 0.3) is 0 Å². The minimum atomic E-state index is -1.53. The normalized spacial score (nSPS) is 32.4. The van der Waals surface area contributed by atoms with Crippen LogP contribution in [0.1, 0.15) is 52.4 Å². The van der Waals surface area contributed by atoms with Gasteiger partial charge in [-0.05, 0) is 131 Å². The predicted octanol–water partition coefficient (Wildman–Crippen LogP) is 12.1. The van der Waals surface area contributed by atoms with E-state index in [4.69, 9.17) is 8.85 Å². The fourth-order valence-corrected chi connectivity index (χ4v) is 17.1. The molecule has 3 fully saturated rings. The molecule has 43 heavy (non-hydrogen) atoms. The van der Waals surface area contributed by atoms with Crippen molar-refractivity contribution >= 4 is 24.7 Å². The Hall–Kier alpha value is -0.989. The minimum absolute atomic E-state index is 0.640. The van der Waals surface area contributed by atoms with Crippen molar-refractivity contribution in [1.82, 2.24) is 0 Å². The lowest BCUT2D eigenvalue weighted by molar-refractivity contribution is 0.314. The van der Waals surface area contributed by atoms with Crippen LogP contribution in [0.3, 0.4) is 0 Å². The van der Waals surface area contributed by atoms with E-state index < -0.39 is 24.7 Å². The Kier molecular flexibility index (Phi) is 17.0. The Balaban J connectivity index is 0.000000324. The van der Waals surface area contributed by atoms with Gasteiger partial charge in [0.1, 0.15) is 0 Å². The lowest BCUT2D eigenvalue weighted by Crippen LogP contribution is -2.38. The van der Waals surface area contributed by atoms with Crippen LogP contribution in [-0.4, -0.2) is 37.9 Å². The van der Waals surface area contributed by atoms with Gasteiger partial charge in [-0.2, -0.15) is 0 Å². The van der Waals surface area contributed by atoms with Gasteiger partial charge in [-0.1, -0.05) is 56.1 Å². The van der Waals surface area contributed by atoms with Crippen molar-refractivity contribution in [1.29, 1.82) is 0 Å². The highest BCUT2D eigenvalue weighted by Crippen LogP contribution is 2.49. The zero-order valence-corrected chi connectivity index (χ0v) is 32.9. The molecular formula is C38H70O2Si3. The van der Waals surface area contributed by atoms with E-state index >= 15 is 0 Å². The van der Waals surface area contributed by atoms with E-state index in [1.807, 2.05) is 0 Å². The van der Waals surface area contributed by atoms with Crippen LogP contribution in [0.5, 0.6) is 0 Å². The first-order chi connectivity index (χ1) is 20.1. The summed E-state index contributed by atoms with van der Waals surface area (Å²) < 4.78 is 12.0. The molecule has 0 aromatic rings. The van der Waals surface area contributed by atoms with Gasteiger partial charge in [-0.3, -0.25) is 0 Å². The molecule has 0 aromatic heterocycles. The second-order valence-corrected chi connectivity index (χ2v) is 29.3. The first-order valence-electron chi connectivity index (χ1n) is 17.1. The van der Waals surface area contributed by atoms with E-state index in [0.717, 1.165) is 41.7 Å². The van der Waals surface area contributed by atoms with Crippen molar-refractivity contribution in [3.05, 3.63) is 75.9 Å². The average molecular weight is 643 g/mol. The monoisotopic (exact) mass is 642 g/mol. The van der Waals surface area contributed by atoms with Crippen molar-refractivity contribution in [2.24, 2.45) is 35.5 Å². The van der Waals surface area contributed by atoms with Gasteiger partial charge < -0.3 is 8.85 Å². The maximum absolute atomic E-state index is 5.99. The summed E-state index contributed by atoms with van der Waals surface area (Å²) in [6.07, 6.45) is 20.4. The second kappa shape index (κ2) is 18.2. The number of allylic oxidation sites excluding steroid dienone is 6. The van der Waals surface area contributed by atoms with Crippen LogP contribution < -0.4 is 0 Å². The smallest absolute Gasteiger partial charge is 0.190 e. The van der Waals surface area contributed by atoms with Gasteiger partial charge in [0.05, 0.1) is 0 Å². The van der Waals surface area contributed by atoms with E-state index in [1.165, 1.54) is 38.5 Å². The molecule has 0 aromatic carbocycles. The molecule has 0 amide bonds. The van der Waals surface area contributed by atoms with Crippen molar-refractivity contribution < 1.29 is 8.85 Å². The molecule has 5 heteroatoms. The van der Waals surface area contributed by atoms with Gasteiger partial charge in [0.2, 0.25) is 0 Å². The average Bonchev–Trinajstić information content (AvgIpc) is 3.69. The molecule has 0 heterocycles. The maximum Gasteiger partial charge on any atom is 0.190 e. The fourth-order valence-electron chi connectivity index (χ4n) is 8.24. The summed E-state index contributed by atoms with van der Waals surface area (Å²) in [4.78, 5) is 0. The van der Waals surface area contributed by atoms with Gasteiger partial charge in [0.25, 0.3) is 0 Å². The molecule has 0 radical (unpaired) electrons. The van der Waals surface area contributed by atoms with E-state index in [0.29, 0.717) is 23.7 Å². The maximum atomic E-state index is 5.99. The van der Waals surface area contributed by atoms with Gasteiger partial charge >= 0.3 is 0 Å². The number of rotatable bonds is 13. The quantitative estimate of drug-likeness (QED) is 0.147. The van der Waals surface area contributed by atoms with Crippen molar-refractivity contribution in [3.63, 3.8) is 0 Å². The Morgan fingerprint density at radius 2 is 0.744 bits per heavy atom. The third kappa shape index (κ3) is 11.7. The summed E-state index contributed by atoms with van der Waals surface area (Å²) in [5.41, 5.74) is 2.36. The molecule has 3 aliphatic carbocycles. The SMILES string of the molecule is C=CC1CC(C=C)C([Si](C)(C)C)C1.C=CC1CC(C=C)C([Si](C)(C)OCC)C1.C=CC1CC(C=C)C([Si](C)(C)OCC)C1. The molecule has 9 atom stereocenters. The van der Waals surface area contributed by atoms with Crippen molar-refractivity contribution in [2.45, 2.75) is 115 Å². The molecule has 0 bridgehead atoms. The minimum Gasteiger partial charge on any atom is -0.417 e. The summed E-state index contributed by atoms with van der Waals surface area (Å²) in [7, 11) is -4.05. The fraction of sp³-hybridized carbons (Fsp3) is 0.684. The highest BCUT2D eigenvalue weighted by Gasteiger charge is 2.44. The van der Waals surface area contributed by atoms with E-state index in [9.17, 15) is 0 Å². The number of hydrogen-bond acceptors (Lipinski definition) is 2. The van der Waals surface area contributed by atoms with Crippen molar-refractivity contribution in [3.8, 4) is 0 Å². The lowest BCUT2D eigenvalue weighted by atomic mass is 10.1. The molecule has 3 saturated carbocycles. The van der Waals surface area contributed by atoms with Crippen molar-refractivity contribution in [2.75, 3.05) is 13.2 Å². The van der Waals surface area contributed by atoms with E-state index in [1.54, 1.807) is 0 Å². The molecular weight excluding hydrogens is 573 g/mol. The highest BCUT2D eigenvalue weighted by atomic mass is 28.4. The Morgan fingerprint density at radius 3 is 0.953 bits per heavy atom. The lowest BCUT2D eigenvalue weighted by Gasteiger charge is -2.32. The summed E-state index contributed by atoms with van der Waals surface area (Å²) in [5, 5.41) is 0. The first-order valence-corrected chi connectivity index (χ1v) is 26.7. The largest absolute Gasteiger partial charge is 0.417 e. The van der Waals surface area contributed by atoms with Gasteiger partial charge in [0, 0.05) is 21.3 Å².